The Morgan fingerprint density at radius 2 is 1.58 bits per heavy atom. The Labute approximate surface area is 166 Å². The maximum Gasteiger partial charge on any atom is 0.238 e. The fourth-order valence-corrected chi connectivity index (χ4v) is 3.77. The van der Waals surface area contributed by atoms with E-state index in [9.17, 15) is 9.18 Å². The molecule has 2 aromatic rings. The van der Waals surface area contributed by atoms with Crippen molar-refractivity contribution in [2.75, 3.05) is 42.9 Å². The lowest BCUT2D eigenvalue weighted by Crippen LogP contribution is -2.48. The van der Waals surface area contributed by atoms with E-state index < -0.39 is 0 Å². The highest BCUT2D eigenvalue weighted by atomic mass is 35.5. The second-order valence-corrected chi connectivity index (χ2v) is 7.28. The van der Waals surface area contributed by atoms with Crippen LogP contribution in [0.5, 0.6) is 0 Å². The second-order valence-electron chi connectivity index (χ2n) is 6.03. The maximum absolute atomic E-state index is 13.0. The van der Waals surface area contributed by atoms with Gasteiger partial charge in [0.2, 0.25) is 5.91 Å². The number of amides is 1. The molecule has 0 radical (unpaired) electrons. The molecule has 0 spiro atoms. The van der Waals surface area contributed by atoms with Gasteiger partial charge in [-0.1, -0.05) is 34.8 Å². The van der Waals surface area contributed by atoms with Crippen LogP contribution >= 0.6 is 34.8 Å². The van der Waals surface area contributed by atoms with Crippen LogP contribution in [0.3, 0.4) is 0 Å². The summed E-state index contributed by atoms with van der Waals surface area (Å²) in [7, 11) is 0. The van der Waals surface area contributed by atoms with Gasteiger partial charge in [0, 0.05) is 36.9 Å². The molecule has 1 aliphatic heterocycles. The van der Waals surface area contributed by atoms with Crippen LogP contribution in [-0.2, 0) is 4.79 Å². The molecular weight excluding hydrogens is 400 g/mol. The third-order valence-corrected chi connectivity index (χ3v) is 5.02. The van der Waals surface area contributed by atoms with Crippen molar-refractivity contribution in [3.8, 4) is 0 Å². The number of benzene rings is 2. The minimum absolute atomic E-state index is 0.189. The van der Waals surface area contributed by atoms with Crippen molar-refractivity contribution < 1.29 is 9.18 Å². The van der Waals surface area contributed by atoms with Crippen molar-refractivity contribution in [2.45, 2.75) is 0 Å². The van der Waals surface area contributed by atoms with Crippen LogP contribution in [0.1, 0.15) is 0 Å². The average molecular weight is 417 g/mol. The Balaban J connectivity index is 1.53. The third-order valence-electron chi connectivity index (χ3n) is 4.20. The Kier molecular flexibility index (Phi) is 6.24. The fraction of sp³-hybridized carbons (Fsp3) is 0.278. The van der Waals surface area contributed by atoms with Crippen molar-refractivity contribution in [1.29, 1.82) is 0 Å². The number of nitrogens with zero attached hydrogens (tertiary/aromatic N) is 2. The molecule has 0 unspecified atom stereocenters. The Bertz CT molecular complexity index is 770. The number of carbonyl (C=O) groups excluding carboxylic acids is 1. The van der Waals surface area contributed by atoms with E-state index in [0.29, 0.717) is 20.8 Å². The highest BCUT2D eigenvalue weighted by molar-refractivity contribution is 6.42. The Hall–Kier alpha value is -1.53. The molecule has 26 heavy (non-hydrogen) atoms. The molecule has 0 saturated carbocycles. The smallest absolute Gasteiger partial charge is 0.238 e. The normalized spacial score (nSPS) is 15.2. The molecule has 8 heteroatoms. The molecule has 2 aromatic carbocycles. The Morgan fingerprint density at radius 1 is 1.00 bits per heavy atom. The molecule has 0 bridgehead atoms. The third kappa shape index (κ3) is 4.80. The lowest BCUT2D eigenvalue weighted by molar-refractivity contribution is -0.117. The SMILES string of the molecule is O=C(CN1CCN(c2ccc(F)cc2)CC1)Nc1c(Cl)cc(Cl)cc1Cl. The summed E-state index contributed by atoms with van der Waals surface area (Å²) < 4.78 is 13.0. The summed E-state index contributed by atoms with van der Waals surface area (Å²) in [6.45, 7) is 3.23. The van der Waals surface area contributed by atoms with Crippen molar-refractivity contribution in [2.24, 2.45) is 0 Å². The standard InChI is InChI=1S/C18H17Cl3FN3O/c19-12-9-15(20)18(16(21)10-12)23-17(26)11-24-5-7-25(8-6-24)14-3-1-13(22)2-4-14/h1-4,9-10H,5-8,11H2,(H,23,26). The number of carbonyl (C=O) groups is 1. The summed E-state index contributed by atoms with van der Waals surface area (Å²) in [6, 6.07) is 9.51. The molecule has 1 aliphatic rings. The molecule has 3 rings (SSSR count). The molecule has 4 nitrogen and oxygen atoms in total. The zero-order chi connectivity index (χ0) is 18.7. The lowest BCUT2D eigenvalue weighted by atomic mass is 10.2. The second kappa shape index (κ2) is 8.44. The van der Waals surface area contributed by atoms with E-state index in [1.54, 1.807) is 12.1 Å². The van der Waals surface area contributed by atoms with Crippen molar-refractivity contribution >= 4 is 52.1 Å². The van der Waals surface area contributed by atoms with Crippen molar-refractivity contribution in [1.82, 2.24) is 4.90 Å². The molecule has 1 N–H and O–H groups in total. The van der Waals surface area contributed by atoms with Gasteiger partial charge in [-0.25, -0.2) is 4.39 Å². The van der Waals surface area contributed by atoms with E-state index in [1.807, 2.05) is 4.90 Å². The summed E-state index contributed by atoms with van der Waals surface area (Å²) in [5.74, 6) is -0.435. The van der Waals surface area contributed by atoms with Gasteiger partial charge in [0.25, 0.3) is 0 Å². The van der Waals surface area contributed by atoms with Crippen LogP contribution in [-0.4, -0.2) is 43.5 Å². The number of hydrogen-bond donors (Lipinski definition) is 1. The number of halogens is 4. The molecule has 138 valence electrons. The zero-order valence-electron chi connectivity index (χ0n) is 13.8. The van der Waals surface area contributed by atoms with Gasteiger partial charge < -0.3 is 10.2 Å². The predicted molar refractivity (Wildman–Crippen MR) is 105 cm³/mol. The van der Waals surface area contributed by atoms with Gasteiger partial charge in [-0.15, -0.1) is 0 Å². The highest BCUT2D eigenvalue weighted by Gasteiger charge is 2.20. The monoisotopic (exact) mass is 415 g/mol. The first-order chi connectivity index (χ1) is 12.4. The molecule has 1 amide bonds. The number of anilines is 2. The summed E-state index contributed by atoms with van der Waals surface area (Å²) in [5, 5.41) is 3.76. The summed E-state index contributed by atoms with van der Waals surface area (Å²) in [4.78, 5) is 16.5. The average Bonchev–Trinajstić information content (AvgIpc) is 2.59. The van der Waals surface area contributed by atoms with Gasteiger partial charge >= 0.3 is 0 Å². The number of nitrogens with one attached hydrogen (secondary N) is 1. The minimum Gasteiger partial charge on any atom is -0.369 e. The lowest BCUT2D eigenvalue weighted by Gasteiger charge is -2.35. The molecule has 0 aromatic heterocycles. The van der Waals surface area contributed by atoms with Gasteiger partial charge in [-0.3, -0.25) is 9.69 Å². The van der Waals surface area contributed by atoms with E-state index in [1.165, 1.54) is 24.3 Å². The summed E-state index contributed by atoms with van der Waals surface area (Å²) in [5.41, 5.74) is 1.35. The van der Waals surface area contributed by atoms with Gasteiger partial charge in [-0.2, -0.15) is 0 Å². The van der Waals surface area contributed by atoms with E-state index >= 15 is 0 Å². The van der Waals surface area contributed by atoms with Crippen molar-refractivity contribution in [3.05, 3.63) is 57.3 Å². The van der Waals surface area contributed by atoms with Gasteiger partial charge in [0.05, 0.1) is 22.3 Å². The molecule has 0 aliphatic carbocycles. The largest absolute Gasteiger partial charge is 0.369 e. The quantitative estimate of drug-likeness (QED) is 0.794. The molecular formula is C18H17Cl3FN3O. The summed E-state index contributed by atoms with van der Waals surface area (Å²) >= 11 is 18.1. The Morgan fingerprint density at radius 3 is 2.15 bits per heavy atom. The van der Waals surface area contributed by atoms with E-state index in [2.05, 4.69) is 10.2 Å². The van der Waals surface area contributed by atoms with Crippen LogP contribution in [0.2, 0.25) is 15.1 Å². The zero-order valence-corrected chi connectivity index (χ0v) is 16.1. The van der Waals surface area contributed by atoms with Crippen LogP contribution in [0, 0.1) is 5.82 Å². The molecule has 1 fully saturated rings. The predicted octanol–water partition coefficient (Wildman–Crippen LogP) is 4.55. The van der Waals surface area contributed by atoms with Crippen LogP contribution < -0.4 is 10.2 Å². The topological polar surface area (TPSA) is 35.6 Å². The first kappa shape index (κ1) is 19.2. The van der Waals surface area contributed by atoms with E-state index in [4.69, 9.17) is 34.8 Å². The van der Waals surface area contributed by atoms with Crippen LogP contribution in [0.4, 0.5) is 15.8 Å². The van der Waals surface area contributed by atoms with Gasteiger partial charge in [0.15, 0.2) is 0 Å². The molecule has 1 saturated heterocycles. The van der Waals surface area contributed by atoms with Crippen LogP contribution in [0.15, 0.2) is 36.4 Å². The van der Waals surface area contributed by atoms with E-state index in [0.717, 1.165) is 31.9 Å². The summed E-state index contributed by atoms with van der Waals surface area (Å²) in [6.07, 6.45) is 0. The van der Waals surface area contributed by atoms with E-state index in [-0.39, 0.29) is 18.3 Å². The number of piperazine rings is 1. The van der Waals surface area contributed by atoms with Gasteiger partial charge in [0.1, 0.15) is 5.82 Å². The maximum atomic E-state index is 13.0. The van der Waals surface area contributed by atoms with Crippen molar-refractivity contribution in [3.63, 3.8) is 0 Å². The van der Waals surface area contributed by atoms with Gasteiger partial charge in [-0.05, 0) is 36.4 Å². The molecule has 0 atom stereocenters. The highest BCUT2D eigenvalue weighted by Crippen LogP contribution is 2.33. The fourth-order valence-electron chi connectivity index (χ4n) is 2.86. The van der Waals surface area contributed by atoms with Crippen LogP contribution in [0.25, 0.3) is 0 Å². The number of hydrogen-bond acceptors (Lipinski definition) is 3. The number of rotatable bonds is 4. The first-order valence-corrected chi connectivity index (χ1v) is 9.23. The first-order valence-electron chi connectivity index (χ1n) is 8.09. The minimum atomic E-state index is -0.247. The molecule has 1 heterocycles.